The molecule has 0 bridgehead atoms. The summed E-state index contributed by atoms with van der Waals surface area (Å²) in [4.78, 5) is 6.93. The van der Waals surface area contributed by atoms with Gasteiger partial charge in [0, 0.05) is 45.8 Å². The smallest absolute Gasteiger partial charge is 0.193 e. The molecule has 2 heterocycles. The number of hydrogen-bond donors (Lipinski definition) is 1. The molecule has 0 spiro atoms. The highest BCUT2D eigenvalue weighted by molar-refractivity contribution is 5.80. The van der Waals surface area contributed by atoms with Crippen LogP contribution in [0.2, 0.25) is 0 Å². The van der Waals surface area contributed by atoms with Crippen LogP contribution in [0.25, 0.3) is 0 Å². The van der Waals surface area contributed by atoms with Gasteiger partial charge in [-0.3, -0.25) is 4.99 Å². The minimum absolute atomic E-state index is 0.442. The molecule has 24 heavy (non-hydrogen) atoms. The van der Waals surface area contributed by atoms with Gasteiger partial charge in [-0.05, 0) is 37.5 Å². The molecule has 140 valence electrons. The van der Waals surface area contributed by atoms with Crippen LogP contribution in [-0.2, 0) is 9.47 Å². The van der Waals surface area contributed by atoms with Crippen molar-refractivity contribution in [1.82, 2.24) is 10.2 Å². The number of rotatable bonds is 8. The normalized spacial score (nSPS) is 28.4. The second kappa shape index (κ2) is 10.2. The average Bonchev–Trinajstić information content (AvgIpc) is 3.07. The summed E-state index contributed by atoms with van der Waals surface area (Å²) in [6, 6.07) is 0. The maximum Gasteiger partial charge on any atom is 0.193 e. The summed E-state index contributed by atoms with van der Waals surface area (Å²) < 4.78 is 11.1. The molecular weight excluding hydrogens is 302 g/mol. The van der Waals surface area contributed by atoms with Crippen LogP contribution in [0.15, 0.2) is 4.99 Å². The number of hydrogen-bond acceptors (Lipinski definition) is 3. The van der Waals surface area contributed by atoms with E-state index in [2.05, 4.69) is 29.1 Å². The Kier molecular flexibility index (Phi) is 8.33. The minimum Gasteiger partial charge on any atom is -0.381 e. The van der Waals surface area contributed by atoms with E-state index < -0.39 is 0 Å². The van der Waals surface area contributed by atoms with Gasteiger partial charge in [0.1, 0.15) is 0 Å². The molecule has 5 heteroatoms. The van der Waals surface area contributed by atoms with Crippen molar-refractivity contribution >= 4 is 5.96 Å². The molecule has 0 radical (unpaired) electrons. The Balaban J connectivity index is 1.62. The molecule has 0 saturated carbocycles. The minimum atomic E-state index is 0.442. The van der Waals surface area contributed by atoms with Crippen LogP contribution in [0, 0.1) is 11.3 Å². The number of nitrogens with zero attached hydrogens (tertiary/aromatic N) is 2. The fourth-order valence-electron chi connectivity index (χ4n) is 3.98. The van der Waals surface area contributed by atoms with Crippen LogP contribution in [0.5, 0.6) is 0 Å². The molecule has 0 amide bonds. The van der Waals surface area contributed by atoms with E-state index in [1.165, 1.54) is 25.7 Å². The summed E-state index contributed by atoms with van der Waals surface area (Å²) >= 11 is 0. The Morgan fingerprint density at radius 2 is 2.33 bits per heavy atom. The van der Waals surface area contributed by atoms with Gasteiger partial charge >= 0.3 is 0 Å². The van der Waals surface area contributed by atoms with Gasteiger partial charge in [-0.1, -0.05) is 20.3 Å². The lowest BCUT2D eigenvalue weighted by atomic mass is 9.78. The molecule has 2 saturated heterocycles. The predicted molar refractivity (Wildman–Crippen MR) is 99.5 cm³/mol. The number of ether oxygens (including phenoxy) is 2. The van der Waals surface area contributed by atoms with Crippen molar-refractivity contribution in [2.45, 2.75) is 52.4 Å². The summed E-state index contributed by atoms with van der Waals surface area (Å²) in [5.41, 5.74) is 0.442. The summed E-state index contributed by atoms with van der Waals surface area (Å²) in [6.07, 6.45) is 7.35. The average molecular weight is 340 g/mol. The predicted octanol–water partition coefficient (Wildman–Crippen LogP) is 2.91. The second-order valence-corrected chi connectivity index (χ2v) is 7.72. The number of guanidine groups is 1. The molecule has 0 aromatic rings. The van der Waals surface area contributed by atoms with Gasteiger partial charge in [-0.2, -0.15) is 0 Å². The maximum absolute atomic E-state index is 5.77. The van der Waals surface area contributed by atoms with E-state index in [1.807, 2.05) is 7.05 Å². The van der Waals surface area contributed by atoms with Crippen LogP contribution < -0.4 is 5.32 Å². The lowest BCUT2D eigenvalue weighted by Gasteiger charge is -2.42. The van der Waals surface area contributed by atoms with Crippen molar-refractivity contribution in [3.63, 3.8) is 0 Å². The fourth-order valence-corrected chi connectivity index (χ4v) is 3.98. The molecule has 2 atom stereocenters. The molecule has 2 unspecified atom stereocenters. The van der Waals surface area contributed by atoms with Crippen molar-refractivity contribution in [3.05, 3.63) is 0 Å². The highest BCUT2D eigenvalue weighted by atomic mass is 16.5. The number of likely N-dealkylation sites (tertiary alicyclic amines) is 1. The van der Waals surface area contributed by atoms with Crippen molar-refractivity contribution in [2.75, 3.05) is 53.1 Å². The van der Waals surface area contributed by atoms with Gasteiger partial charge in [-0.25, -0.2) is 0 Å². The zero-order valence-corrected chi connectivity index (χ0v) is 16.0. The monoisotopic (exact) mass is 339 g/mol. The first-order valence-corrected chi connectivity index (χ1v) is 9.78. The quantitative estimate of drug-likeness (QED) is 0.420. The van der Waals surface area contributed by atoms with Crippen LogP contribution in [0.1, 0.15) is 52.4 Å². The molecule has 0 aromatic carbocycles. The van der Waals surface area contributed by atoms with E-state index in [9.17, 15) is 0 Å². The number of aliphatic imine (C=N–C) groups is 1. The van der Waals surface area contributed by atoms with Crippen LogP contribution >= 0.6 is 0 Å². The number of piperidine rings is 1. The van der Waals surface area contributed by atoms with Gasteiger partial charge in [0.2, 0.25) is 0 Å². The Hall–Kier alpha value is -0.810. The van der Waals surface area contributed by atoms with Gasteiger partial charge in [0.05, 0.1) is 13.2 Å². The lowest BCUT2D eigenvalue weighted by Crippen LogP contribution is -2.50. The summed E-state index contributed by atoms with van der Waals surface area (Å²) in [5.74, 6) is 1.66. The van der Waals surface area contributed by atoms with E-state index in [-0.39, 0.29) is 0 Å². The van der Waals surface area contributed by atoms with Gasteiger partial charge < -0.3 is 19.7 Å². The molecule has 2 aliphatic rings. The van der Waals surface area contributed by atoms with Crippen molar-refractivity contribution in [3.8, 4) is 0 Å². The second-order valence-electron chi connectivity index (χ2n) is 7.72. The van der Waals surface area contributed by atoms with Crippen LogP contribution in [-0.4, -0.2) is 64.0 Å². The highest BCUT2D eigenvalue weighted by Gasteiger charge is 2.31. The Morgan fingerprint density at radius 3 is 3.04 bits per heavy atom. The van der Waals surface area contributed by atoms with E-state index in [4.69, 9.17) is 9.47 Å². The third-order valence-electron chi connectivity index (χ3n) is 5.27. The Labute approximate surface area is 148 Å². The van der Waals surface area contributed by atoms with Crippen LogP contribution in [0.4, 0.5) is 0 Å². The van der Waals surface area contributed by atoms with E-state index in [0.717, 1.165) is 64.9 Å². The van der Waals surface area contributed by atoms with Gasteiger partial charge in [0.25, 0.3) is 0 Å². The summed E-state index contributed by atoms with van der Waals surface area (Å²) in [7, 11) is 1.89. The Morgan fingerprint density at radius 1 is 1.46 bits per heavy atom. The maximum atomic E-state index is 5.77. The van der Waals surface area contributed by atoms with Gasteiger partial charge in [0.15, 0.2) is 5.96 Å². The largest absolute Gasteiger partial charge is 0.381 e. The molecule has 1 N–H and O–H groups in total. The lowest BCUT2D eigenvalue weighted by molar-refractivity contribution is 0.0885. The van der Waals surface area contributed by atoms with Crippen LogP contribution in [0.3, 0.4) is 0 Å². The molecule has 0 aromatic heterocycles. The Bertz CT molecular complexity index is 379. The molecule has 2 aliphatic heterocycles. The van der Waals surface area contributed by atoms with E-state index in [1.54, 1.807) is 0 Å². The third-order valence-corrected chi connectivity index (χ3v) is 5.27. The van der Waals surface area contributed by atoms with Crippen molar-refractivity contribution < 1.29 is 9.47 Å². The SMILES string of the molecule is CCCC1(C)CCCN(C(=NC)NCCCOCC2CCOC2)C1. The molecule has 2 rings (SSSR count). The van der Waals surface area contributed by atoms with E-state index in [0.29, 0.717) is 11.3 Å². The zero-order valence-electron chi connectivity index (χ0n) is 16.0. The summed E-state index contributed by atoms with van der Waals surface area (Å²) in [5, 5.41) is 3.52. The van der Waals surface area contributed by atoms with Crippen molar-refractivity contribution in [2.24, 2.45) is 16.3 Å². The van der Waals surface area contributed by atoms with Gasteiger partial charge in [-0.15, -0.1) is 0 Å². The first-order valence-electron chi connectivity index (χ1n) is 9.78. The molecular formula is C19H37N3O2. The molecule has 2 fully saturated rings. The topological polar surface area (TPSA) is 46.1 Å². The fraction of sp³-hybridized carbons (Fsp3) is 0.947. The first-order chi connectivity index (χ1) is 11.7. The molecule has 5 nitrogen and oxygen atoms in total. The van der Waals surface area contributed by atoms with E-state index >= 15 is 0 Å². The molecule has 0 aliphatic carbocycles. The highest BCUT2D eigenvalue weighted by Crippen LogP contribution is 2.33. The third kappa shape index (κ3) is 6.25. The van der Waals surface area contributed by atoms with Crippen molar-refractivity contribution in [1.29, 1.82) is 0 Å². The standard InChI is InChI=1S/C19H37N3O2/c1-4-8-19(2)9-5-11-22(16-19)18(20-3)21-10-6-12-23-14-17-7-13-24-15-17/h17H,4-16H2,1-3H3,(H,20,21). The number of nitrogens with one attached hydrogen (secondary N) is 1. The summed E-state index contributed by atoms with van der Waals surface area (Å²) in [6.45, 7) is 11.3. The zero-order chi connectivity index (χ0) is 17.3. The first kappa shape index (κ1) is 19.5.